The van der Waals surface area contributed by atoms with Crippen LogP contribution in [0.2, 0.25) is 5.02 Å². The standard InChI is InChI=1S/C14H17ClN2O3S/c1-9-6-12(15)14(7-13(9)16)21(18,19)17(3)8-11-5-4-10(2)20-11/h4-7H,8,16H2,1-3H3. The molecule has 0 aliphatic rings. The highest BCUT2D eigenvalue weighted by Crippen LogP contribution is 2.29. The first kappa shape index (κ1) is 15.9. The van der Waals surface area contributed by atoms with Gasteiger partial charge < -0.3 is 10.2 Å². The molecule has 0 fully saturated rings. The second-order valence-corrected chi connectivity index (χ2v) is 7.33. The van der Waals surface area contributed by atoms with Crippen LogP contribution < -0.4 is 5.73 Å². The zero-order valence-corrected chi connectivity index (χ0v) is 13.6. The lowest BCUT2D eigenvalue weighted by Crippen LogP contribution is -2.26. The number of hydrogen-bond donors (Lipinski definition) is 1. The van der Waals surface area contributed by atoms with Crippen LogP contribution in [0, 0.1) is 13.8 Å². The summed E-state index contributed by atoms with van der Waals surface area (Å²) in [4.78, 5) is -0.00181. The van der Waals surface area contributed by atoms with E-state index in [-0.39, 0.29) is 16.5 Å². The minimum absolute atomic E-state index is 0.00181. The summed E-state index contributed by atoms with van der Waals surface area (Å²) in [5, 5.41) is 0.157. The Morgan fingerprint density at radius 3 is 2.52 bits per heavy atom. The lowest BCUT2D eigenvalue weighted by Gasteiger charge is -2.17. The van der Waals surface area contributed by atoms with E-state index >= 15 is 0 Å². The third kappa shape index (κ3) is 3.23. The van der Waals surface area contributed by atoms with Gasteiger partial charge in [0.15, 0.2) is 0 Å². The molecule has 2 aromatic rings. The number of sulfonamides is 1. The summed E-state index contributed by atoms with van der Waals surface area (Å²) in [6.45, 7) is 3.70. The van der Waals surface area contributed by atoms with Crippen LogP contribution in [0.15, 0.2) is 33.6 Å². The maximum Gasteiger partial charge on any atom is 0.244 e. The first-order valence-electron chi connectivity index (χ1n) is 6.29. The van der Waals surface area contributed by atoms with Crippen molar-refractivity contribution in [2.45, 2.75) is 25.3 Å². The second kappa shape index (κ2) is 5.71. The predicted octanol–water partition coefficient (Wildman–Crippen LogP) is 2.95. The van der Waals surface area contributed by atoms with Crippen molar-refractivity contribution in [3.05, 3.63) is 46.4 Å². The molecule has 0 spiro atoms. The van der Waals surface area contributed by atoms with Crippen molar-refractivity contribution in [2.75, 3.05) is 12.8 Å². The minimum Gasteiger partial charge on any atom is -0.465 e. The fraction of sp³-hybridized carbons (Fsp3) is 0.286. The number of rotatable bonds is 4. The van der Waals surface area contributed by atoms with Gasteiger partial charge in [-0.3, -0.25) is 0 Å². The van der Waals surface area contributed by atoms with Crippen molar-refractivity contribution in [1.29, 1.82) is 0 Å². The Labute approximate surface area is 129 Å². The van der Waals surface area contributed by atoms with E-state index in [2.05, 4.69) is 0 Å². The number of hydrogen-bond acceptors (Lipinski definition) is 4. The summed E-state index contributed by atoms with van der Waals surface area (Å²) in [6.07, 6.45) is 0. The van der Waals surface area contributed by atoms with E-state index in [0.29, 0.717) is 11.4 Å². The van der Waals surface area contributed by atoms with E-state index in [1.54, 1.807) is 32.0 Å². The molecule has 1 aromatic heterocycles. The van der Waals surface area contributed by atoms with Gasteiger partial charge >= 0.3 is 0 Å². The summed E-state index contributed by atoms with van der Waals surface area (Å²) >= 11 is 6.05. The lowest BCUT2D eigenvalue weighted by atomic mass is 10.2. The topological polar surface area (TPSA) is 76.5 Å². The molecule has 114 valence electrons. The summed E-state index contributed by atoms with van der Waals surface area (Å²) in [6, 6.07) is 6.46. The van der Waals surface area contributed by atoms with Gasteiger partial charge in [-0.05, 0) is 43.7 Å². The number of halogens is 1. The van der Waals surface area contributed by atoms with Gasteiger partial charge in [-0.2, -0.15) is 4.31 Å². The quantitative estimate of drug-likeness (QED) is 0.875. The van der Waals surface area contributed by atoms with Crippen molar-refractivity contribution < 1.29 is 12.8 Å². The molecule has 0 atom stereocenters. The predicted molar refractivity (Wildman–Crippen MR) is 82.7 cm³/mol. The van der Waals surface area contributed by atoms with Crippen molar-refractivity contribution in [2.24, 2.45) is 0 Å². The molecule has 1 aromatic carbocycles. The Morgan fingerprint density at radius 2 is 1.95 bits per heavy atom. The third-order valence-corrected chi connectivity index (χ3v) is 5.45. The first-order valence-corrected chi connectivity index (χ1v) is 8.11. The minimum atomic E-state index is -3.74. The molecule has 0 amide bonds. The number of furan rings is 1. The molecule has 21 heavy (non-hydrogen) atoms. The van der Waals surface area contributed by atoms with Crippen LogP contribution in [-0.4, -0.2) is 19.8 Å². The van der Waals surface area contributed by atoms with Crippen LogP contribution in [0.4, 0.5) is 5.69 Å². The maximum absolute atomic E-state index is 12.6. The van der Waals surface area contributed by atoms with Gasteiger partial charge in [-0.25, -0.2) is 8.42 Å². The Kier molecular flexibility index (Phi) is 4.32. The van der Waals surface area contributed by atoms with E-state index in [9.17, 15) is 8.42 Å². The molecule has 2 rings (SSSR count). The molecule has 0 saturated heterocycles. The summed E-state index contributed by atoms with van der Waals surface area (Å²) < 4.78 is 31.7. The van der Waals surface area contributed by atoms with Crippen LogP contribution in [-0.2, 0) is 16.6 Å². The molecule has 0 aliphatic heterocycles. The molecular weight excluding hydrogens is 312 g/mol. The van der Waals surface area contributed by atoms with Gasteiger partial charge in [0.25, 0.3) is 0 Å². The highest BCUT2D eigenvalue weighted by Gasteiger charge is 2.25. The van der Waals surface area contributed by atoms with E-state index in [4.69, 9.17) is 21.8 Å². The van der Waals surface area contributed by atoms with Crippen LogP contribution >= 0.6 is 11.6 Å². The van der Waals surface area contributed by atoms with Crippen LogP contribution in [0.25, 0.3) is 0 Å². The molecule has 0 unspecified atom stereocenters. The molecule has 7 heteroatoms. The molecule has 0 bridgehead atoms. The number of benzene rings is 1. The van der Waals surface area contributed by atoms with Crippen molar-refractivity contribution in [3.8, 4) is 0 Å². The largest absolute Gasteiger partial charge is 0.465 e. The van der Waals surface area contributed by atoms with Gasteiger partial charge in [-0.15, -0.1) is 0 Å². The smallest absolute Gasteiger partial charge is 0.244 e. The van der Waals surface area contributed by atoms with Gasteiger partial charge in [-0.1, -0.05) is 11.6 Å². The monoisotopic (exact) mass is 328 g/mol. The summed E-state index contributed by atoms with van der Waals surface area (Å²) in [5.41, 5.74) is 6.91. The lowest BCUT2D eigenvalue weighted by molar-refractivity contribution is 0.397. The zero-order chi connectivity index (χ0) is 15.8. The first-order chi connectivity index (χ1) is 9.71. The molecule has 0 saturated carbocycles. The molecule has 0 radical (unpaired) electrons. The van der Waals surface area contributed by atoms with Crippen LogP contribution in [0.3, 0.4) is 0 Å². The van der Waals surface area contributed by atoms with Gasteiger partial charge in [0, 0.05) is 12.7 Å². The van der Waals surface area contributed by atoms with E-state index in [1.807, 2.05) is 0 Å². The van der Waals surface area contributed by atoms with Crippen LogP contribution in [0.1, 0.15) is 17.1 Å². The van der Waals surface area contributed by atoms with Crippen LogP contribution in [0.5, 0.6) is 0 Å². The Bertz CT molecular complexity index is 769. The molecular formula is C14H17ClN2O3S. The normalized spacial score (nSPS) is 12.0. The molecule has 2 N–H and O–H groups in total. The number of nitrogens with zero attached hydrogens (tertiary/aromatic N) is 1. The second-order valence-electron chi connectivity index (χ2n) is 4.91. The SMILES string of the molecule is Cc1ccc(CN(C)S(=O)(=O)c2cc(N)c(C)cc2Cl)o1. The van der Waals surface area contributed by atoms with Gasteiger partial charge in [0.05, 0.1) is 11.6 Å². The van der Waals surface area contributed by atoms with Crippen molar-refractivity contribution in [3.63, 3.8) is 0 Å². The van der Waals surface area contributed by atoms with E-state index in [1.165, 1.54) is 17.4 Å². The highest BCUT2D eigenvalue weighted by molar-refractivity contribution is 7.89. The zero-order valence-electron chi connectivity index (χ0n) is 12.1. The number of nitrogen functional groups attached to an aromatic ring is 1. The number of nitrogens with two attached hydrogens (primary N) is 1. The molecule has 5 nitrogen and oxygen atoms in total. The molecule has 1 heterocycles. The average molecular weight is 329 g/mol. The molecule has 0 aliphatic carbocycles. The van der Waals surface area contributed by atoms with Gasteiger partial charge in [0.2, 0.25) is 10.0 Å². The van der Waals surface area contributed by atoms with E-state index < -0.39 is 10.0 Å². The fourth-order valence-corrected chi connectivity index (χ4v) is 3.63. The van der Waals surface area contributed by atoms with Crippen molar-refractivity contribution in [1.82, 2.24) is 4.31 Å². The summed E-state index contributed by atoms with van der Waals surface area (Å²) in [7, 11) is -2.26. The van der Waals surface area contributed by atoms with Crippen molar-refractivity contribution >= 4 is 27.3 Å². The third-order valence-electron chi connectivity index (χ3n) is 3.18. The Morgan fingerprint density at radius 1 is 1.29 bits per heavy atom. The maximum atomic E-state index is 12.6. The average Bonchev–Trinajstić information content (AvgIpc) is 2.79. The fourth-order valence-electron chi connectivity index (χ4n) is 1.91. The number of anilines is 1. The highest BCUT2D eigenvalue weighted by atomic mass is 35.5. The Hall–Kier alpha value is -1.50. The summed E-state index contributed by atoms with van der Waals surface area (Å²) in [5.74, 6) is 1.29. The number of aryl methyl sites for hydroxylation is 2. The Balaban J connectivity index is 2.35. The van der Waals surface area contributed by atoms with E-state index in [0.717, 1.165) is 11.3 Å². The van der Waals surface area contributed by atoms with Gasteiger partial charge in [0.1, 0.15) is 16.4 Å².